The van der Waals surface area contributed by atoms with Crippen LogP contribution in [0, 0.1) is 0 Å². The molecule has 0 spiro atoms. The molecule has 6 heteroatoms. The summed E-state index contributed by atoms with van der Waals surface area (Å²) in [6, 6.07) is -0.863. The molecule has 0 aromatic carbocycles. The minimum absolute atomic E-state index is 0.0383. The molecular weight excluding hydrogens is 252 g/mol. The van der Waals surface area contributed by atoms with Crippen LogP contribution in [-0.2, 0) is 9.59 Å². The molecule has 3 unspecified atom stereocenters. The number of carbonyl (C=O) groups excluding carboxylic acids is 1. The van der Waals surface area contributed by atoms with Gasteiger partial charge in [0.25, 0.3) is 0 Å². The highest BCUT2D eigenvalue weighted by molar-refractivity contribution is 8.00. The number of aliphatic carboxylic acids is 1. The maximum absolute atomic E-state index is 12.5. The second-order valence-electron chi connectivity index (χ2n) is 4.89. The van der Waals surface area contributed by atoms with E-state index in [2.05, 4.69) is 5.32 Å². The molecule has 0 bridgehead atoms. The summed E-state index contributed by atoms with van der Waals surface area (Å²) in [5.74, 6) is -0.440. The first-order valence-electron chi connectivity index (χ1n) is 6.51. The van der Waals surface area contributed by atoms with Crippen molar-refractivity contribution in [3.8, 4) is 0 Å². The van der Waals surface area contributed by atoms with E-state index in [1.54, 1.807) is 4.90 Å². The minimum atomic E-state index is -0.895. The summed E-state index contributed by atoms with van der Waals surface area (Å²) in [7, 11) is 0. The van der Waals surface area contributed by atoms with E-state index in [0.717, 1.165) is 32.2 Å². The van der Waals surface area contributed by atoms with Crippen molar-refractivity contribution >= 4 is 23.6 Å². The molecule has 0 radical (unpaired) electrons. The highest BCUT2D eigenvalue weighted by Crippen LogP contribution is 2.30. The van der Waals surface area contributed by atoms with Crippen LogP contribution in [0.4, 0.5) is 0 Å². The second kappa shape index (κ2) is 5.93. The maximum Gasteiger partial charge on any atom is 0.327 e. The fourth-order valence-corrected chi connectivity index (χ4v) is 3.76. The van der Waals surface area contributed by atoms with Gasteiger partial charge in [-0.3, -0.25) is 4.79 Å². The van der Waals surface area contributed by atoms with Crippen molar-refractivity contribution in [3.63, 3.8) is 0 Å². The molecule has 1 amide bonds. The van der Waals surface area contributed by atoms with Gasteiger partial charge in [-0.2, -0.15) is 0 Å². The molecular formula is C12H20N2O3S. The standard InChI is InChI=1S/C12H20N2O3S/c1-8-14(10(7-18-8)12(16)17)11(15)9-5-3-2-4-6-13-9/h8-10,13H,2-7H2,1H3,(H,16,17). The molecule has 5 nitrogen and oxygen atoms in total. The predicted octanol–water partition coefficient (Wildman–Crippen LogP) is 0.893. The zero-order valence-electron chi connectivity index (χ0n) is 10.6. The second-order valence-corrected chi connectivity index (χ2v) is 6.24. The number of thioether (sulfide) groups is 1. The summed E-state index contributed by atoms with van der Waals surface area (Å²) in [5, 5.41) is 12.4. The van der Waals surface area contributed by atoms with Crippen molar-refractivity contribution in [1.29, 1.82) is 0 Å². The number of hydrogen-bond donors (Lipinski definition) is 2. The van der Waals surface area contributed by atoms with Gasteiger partial charge in [0, 0.05) is 5.75 Å². The quantitative estimate of drug-likeness (QED) is 0.781. The number of carbonyl (C=O) groups is 2. The minimum Gasteiger partial charge on any atom is -0.480 e. The molecule has 2 saturated heterocycles. The lowest BCUT2D eigenvalue weighted by Gasteiger charge is -2.29. The Kier molecular flexibility index (Phi) is 4.50. The third kappa shape index (κ3) is 2.80. The number of hydrogen-bond acceptors (Lipinski definition) is 4. The molecule has 0 saturated carbocycles. The van der Waals surface area contributed by atoms with Crippen molar-refractivity contribution in [2.24, 2.45) is 0 Å². The average molecular weight is 272 g/mol. The van der Waals surface area contributed by atoms with E-state index in [1.807, 2.05) is 6.92 Å². The normalized spacial score (nSPS) is 33.2. The van der Waals surface area contributed by atoms with Crippen molar-refractivity contribution in [1.82, 2.24) is 10.2 Å². The lowest BCUT2D eigenvalue weighted by Crippen LogP contribution is -2.52. The molecule has 2 fully saturated rings. The van der Waals surface area contributed by atoms with Crippen LogP contribution in [-0.4, -0.2) is 51.6 Å². The third-order valence-corrected chi connectivity index (χ3v) is 4.84. The van der Waals surface area contributed by atoms with Gasteiger partial charge < -0.3 is 15.3 Å². The van der Waals surface area contributed by atoms with Gasteiger partial charge in [0.1, 0.15) is 6.04 Å². The molecule has 2 rings (SSSR count). The van der Waals surface area contributed by atoms with Crippen molar-refractivity contribution in [2.75, 3.05) is 12.3 Å². The van der Waals surface area contributed by atoms with Gasteiger partial charge in [0.15, 0.2) is 0 Å². The summed E-state index contributed by atoms with van der Waals surface area (Å²) in [5.41, 5.74) is 0. The van der Waals surface area contributed by atoms with E-state index >= 15 is 0 Å². The Morgan fingerprint density at radius 1 is 1.33 bits per heavy atom. The predicted molar refractivity (Wildman–Crippen MR) is 70.4 cm³/mol. The third-order valence-electron chi connectivity index (χ3n) is 3.62. The van der Waals surface area contributed by atoms with Gasteiger partial charge >= 0.3 is 5.97 Å². The van der Waals surface area contributed by atoms with Crippen LogP contribution in [0.2, 0.25) is 0 Å². The molecule has 2 N–H and O–H groups in total. The first kappa shape index (κ1) is 13.7. The summed E-state index contributed by atoms with van der Waals surface area (Å²) in [6.45, 7) is 2.76. The first-order chi connectivity index (χ1) is 8.61. The van der Waals surface area contributed by atoms with Crippen LogP contribution >= 0.6 is 11.8 Å². The van der Waals surface area contributed by atoms with Crippen LogP contribution in [0.25, 0.3) is 0 Å². The maximum atomic E-state index is 12.5. The van der Waals surface area contributed by atoms with Crippen LogP contribution in [0.15, 0.2) is 0 Å². The van der Waals surface area contributed by atoms with E-state index < -0.39 is 12.0 Å². The Balaban J connectivity index is 2.07. The van der Waals surface area contributed by atoms with Crippen LogP contribution in [0.1, 0.15) is 32.6 Å². The van der Waals surface area contributed by atoms with E-state index in [1.165, 1.54) is 11.8 Å². The van der Waals surface area contributed by atoms with Crippen molar-refractivity contribution in [2.45, 2.75) is 50.1 Å². The number of carboxylic acid groups (broad SMARTS) is 1. The molecule has 2 heterocycles. The lowest BCUT2D eigenvalue weighted by molar-refractivity contribution is -0.149. The van der Waals surface area contributed by atoms with Gasteiger partial charge in [0.2, 0.25) is 5.91 Å². The number of nitrogens with zero attached hydrogens (tertiary/aromatic N) is 1. The number of rotatable bonds is 2. The van der Waals surface area contributed by atoms with Crippen LogP contribution in [0.3, 0.4) is 0 Å². The van der Waals surface area contributed by atoms with E-state index in [-0.39, 0.29) is 17.3 Å². The van der Waals surface area contributed by atoms with E-state index in [9.17, 15) is 14.7 Å². The van der Waals surface area contributed by atoms with Gasteiger partial charge in [-0.25, -0.2) is 4.79 Å². The first-order valence-corrected chi connectivity index (χ1v) is 7.56. The number of amides is 1. The van der Waals surface area contributed by atoms with Gasteiger partial charge in [-0.15, -0.1) is 11.8 Å². The van der Waals surface area contributed by atoms with Crippen molar-refractivity contribution < 1.29 is 14.7 Å². The van der Waals surface area contributed by atoms with Gasteiger partial charge in [-0.05, 0) is 26.3 Å². The smallest absolute Gasteiger partial charge is 0.327 e. The van der Waals surface area contributed by atoms with Gasteiger partial charge in [0.05, 0.1) is 11.4 Å². The van der Waals surface area contributed by atoms with Gasteiger partial charge in [-0.1, -0.05) is 12.8 Å². The molecule has 18 heavy (non-hydrogen) atoms. The molecule has 102 valence electrons. The van der Waals surface area contributed by atoms with E-state index in [4.69, 9.17) is 0 Å². The average Bonchev–Trinajstić information content (AvgIpc) is 2.56. The summed E-state index contributed by atoms with van der Waals surface area (Å²) in [4.78, 5) is 25.2. The largest absolute Gasteiger partial charge is 0.480 e. The fourth-order valence-electron chi connectivity index (χ4n) is 2.59. The molecule has 2 aliphatic rings. The zero-order valence-corrected chi connectivity index (χ0v) is 11.4. The highest BCUT2D eigenvalue weighted by atomic mass is 32.2. The summed E-state index contributed by atoms with van der Waals surface area (Å²) >= 11 is 1.54. The Bertz CT molecular complexity index is 329. The number of nitrogens with one attached hydrogen (secondary N) is 1. The van der Waals surface area contributed by atoms with Crippen molar-refractivity contribution in [3.05, 3.63) is 0 Å². The monoisotopic (exact) mass is 272 g/mol. The molecule has 3 atom stereocenters. The molecule has 0 aromatic heterocycles. The Morgan fingerprint density at radius 2 is 2.11 bits per heavy atom. The summed E-state index contributed by atoms with van der Waals surface area (Å²) < 4.78 is 0. The topological polar surface area (TPSA) is 69.6 Å². The zero-order chi connectivity index (χ0) is 13.1. The number of carboxylic acids is 1. The Morgan fingerprint density at radius 3 is 2.83 bits per heavy atom. The molecule has 0 aromatic rings. The van der Waals surface area contributed by atoms with E-state index in [0.29, 0.717) is 5.75 Å². The Labute approximate surface area is 111 Å². The Hall–Kier alpha value is -0.750. The summed E-state index contributed by atoms with van der Waals surface area (Å²) in [6.07, 6.45) is 4.09. The van der Waals surface area contributed by atoms with Crippen LogP contribution < -0.4 is 5.32 Å². The van der Waals surface area contributed by atoms with Crippen LogP contribution in [0.5, 0.6) is 0 Å². The SMILES string of the molecule is CC1SCC(C(=O)O)N1C(=O)C1CCCCCN1. The lowest BCUT2D eigenvalue weighted by atomic mass is 10.1. The highest BCUT2D eigenvalue weighted by Gasteiger charge is 2.41. The molecule has 2 aliphatic heterocycles. The molecule has 0 aliphatic carbocycles. The fraction of sp³-hybridized carbons (Fsp3) is 0.833.